The molecule has 0 aromatic carbocycles. The van der Waals surface area contributed by atoms with E-state index in [0.29, 0.717) is 38.3 Å². The zero-order valence-electron chi connectivity index (χ0n) is 21.5. The Morgan fingerprint density at radius 2 is 1.67 bits per heavy atom. The second kappa shape index (κ2) is 13.0. The first-order valence-corrected chi connectivity index (χ1v) is 13.9. The van der Waals surface area contributed by atoms with Crippen molar-refractivity contribution in [2.75, 3.05) is 32.8 Å². The number of pyridine rings is 1. The third kappa shape index (κ3) is 7.26. The summed E-state index contributed by atoms with van der Waals surface area (Å²) in [7, 11) is 0. The number of rotatable bonds is 4. The number of ether oxygens (including phenoxy) is 1. The standard InChI is InChI=1S/C28H43N3O5/c32-24-9-16-31(26(34)19-22-5-1-2-6-22)15-4-3-10-28(27(35)36-21-25(24)33)11-17-30(18-12-28)20-23-7-13-29-14-8-23/h7-8,13-14,22,24-25,32-33H,1-6,9-12,15-21H2/t24-,25+/m0/s1. The first kappa shape index (κ1) is 27.0. The van der Waals surface area contributed by atoms with E-state index in [1.165, 1.54) is 18.4 Å². The van der Waals surface area contributed by atoms with Gasteiger partial charge in [-0.3, -0.25) is 19.5 Å². The van der Waals surface area contributed by atoms with Crippen LogP contribution in [0, 0.1) is 11.3 Å². The number of aromatic nitrogens is 1. The maximum Gasteiger partial charge on any atom is 0.312 e. The summed E-state index contributed by atoms with van der Waals surface area (Å²) >= 11 is 0. The van der Waals surface area contributed by atoms with Gasteiger partial charge >= 0.3 is 5.97 Å². The van der Waals surface area contributed by atoms with Crippen molar-refractivity contribution in [1.82, 2.24) is 14.8 Å². The molecule has 1 aromatic heterocycles. The Kier molecular flexibility index (Phi) is 9.73. The lowest BCUT2D eigenvalue weighted by atomic mass is 9.74. The number of carbonyl (C=O) groups excluding carboxylic acids is 2. The molecule has 8 nitrogen and oxygen atoms in total. The number of cyclic esters (lactones) is 1. The molecule has 3 heterocycles. The van der Waals surface area contributed by atoms with Crippen molar-refractivity contribution in [2.24, 2.45) is 11.3 Å². The van der Waals surface area contributed by atoms with Gasteiger partial charge in [0.25, 0.3) is 0 Å². The van der Waals surface area contributed by atoms with E-state index in [9.17, 15) is 19.8 Å². The van der Waals surface area contributed by atoms with Crippen LogP contribution >= 0.6 is 0 Å². The van der Waals surface area contributed by atoms with Crippen LogP contribution in [0.3, 0.4) is 0 Å². The minimum Gasteiger partial charge on any atom is -0.462 e. The van der Waals surface area contributed by atoms with E-state index >= 15 is 0 Å². The van der Waals surface area contributed by atoms with Crippen LogP contribution in [0.2, 0.25) is 0 Å². The average Bonchev–Trinajstić information content (AvgIpc) is 3.40. The minimum atomic E-state index is -1.15. The average molecular weight is 502 g/mol. The number of hydrogen-bond donors (Lipinski definition) is 2. The predicted octanol–water partition coefficient (Wildman–Crippen LogP) is 2.91. The number of likely N-dealkylation sites (tertiary alicyclic amines) is 1. The molecular formula is C28H43N3O5. The molecule has 4 rings (SSSR count). The Hall–Kier alpha value is -2.03. The molecule has 2 N–H and O–H groups in total. The Bertz CT molecular complexity index is 837. The lowest BCUT2D eigenvalue weighted by Crippen LogP contribution is -2.45. The van der Waals surface area contributed by atoms with Gasteiger partial charge in [0.2, 0.25) is 5.91 Å². The van der Waals surface area contributed by atoms with Crippen molar-refractivity contribution in [3.8, 4) is 0 Å². The van der Waals surface area contributed by atoms with Crippen LogP contribution in [0.1, 0.15) is 76.2 Å². The van der Waals surface area contributed by atoms with Gasteiger partial charge in [-0.05, 0) is 81.6 Å². The Balaban J connectivity index is 1.38. The Morgan fingerprint density at radius 3 is 2.39 bits per heavy atom. The van der Waals surface area contributed by atoms with Gasteiger partial charge in [-0.25, -0.2) is 0 Å². The molecule has 3 aliphatic rings. The first-order valence-electron chi connectivity index (χ1n) is 13.9. The molecule has 1 aliphatic carbocycles. The Labute approximate surface area is 215 Å². The molecule has 1 saturated carbocycles. The maximum absolute atomic E-state index is 13.3. The molecule has 2 atom stereocenters. The van der Waals surface area contributed by atoms with Crippen LogP contribution in [-0.4, -0.2) is 81.9 Å². The lowest BCUT2D eigenvalue weighted by molar-refractivity contribution is -0.165. The van der Waals surface area contributed by atoms with Crippen LogP contribution in [0.25, 0.3) is 0 Å². The van der Waals surface area contributed by atoms with E-state index in [0.717, 1.165) is 51.7 Å². The molecule has 0 radical (unpaired) electrons. The predicted molar refractivity (Wildman–Crippen MR) is 136 cm³/mol. The van der Waals surface area contributed by atoms with Gasteiger partial charge in [-0.2, -0.15) is 0 Å². The quantitative estimate of drug-likeness (QED) is 0.612. The Morgan fingerprint density at radius 1 is 0.944 bits per heavy atom. The molecule has 8 heteroatoms. The van der Waals surface area contributed by atoms with E-state index in [1.807, 2.05) is 17.0 Å². The molecule has 1 amide bonds. The van der Waals surface area contributed by atoms with Crippen LogP contribution in [0.15, 0.2) is 24.5 Å². The summed E-state index contributed by atoms with van der Waals surface area (Å²) < 4.78 is 5.59. The van der Waals surface area contributed by atoms with Gasteiger partial charge in [-0.1, -0.05) is 19.3 Å². The van der Waals surface area contributed by atoms with Gasteiger partial charge < -0.3 is 19.8 Å². The highest BCUT2D eigenvalue weighted by atomic mass is 16.5. The lowest BCUT2D eigenvalue weighted by Gasteiger charge is -2.40. The molecule has 200 valence electrons. The number of carbonyl (C=O) groups is 2. The van der Waals surface area contributed by atoms with E-state index in [4.69, 9.17) is 4.74 Å². The molecular weight excluding hydrogens is 458 g/mol. The van der Waals surface area contributed by atoms with Crippen molar-refractivity contribution in [1.29, 1.82) is 0 Å². The highest BCUT2D eigenvalue weighted by molar-refractivity contribution is 5.77. The zero-order valence-corrected chi connectivity index (χ0v) is 21.5. The number of hydrogen-bond acceptors (Lipinski definition) is 7. The molecule has 1 spiro atoms. The second-order valence-corrected chi connectivity index (χ2v) is 11.1. The second-order valence-electron chi connectivity index (χ2n) is 11.1. The van der Waals surface area contributed by atoms with Gasteiger partial charge in [-0.15, -0.1) is 0 Å². The monoisotopic (exact) mass is 501 g/mol. The number of nitrogens with zero attached hydrogens (tertiary/aromatic N) is 3. The van der Waals surface area contributed by atoms with E-state index in [-0.39, 0.29) is 24.9 Å². The molecule has 2 saturated heterocycles. The largest absolute Gasteiger partial charge is 0.462 e. The van der Waals surface area contributed by atoms with E-state index in [1.54, 1.807) is 12.4 Å². The summed E-state index contributed by atoms with van der Waals surface area (Å²) in [5, 5.41) is 20.9. The summed E-state index contributed by atoms with van der Waals surface area (Å²) in [6, 6.07) is 4.04. The third-order valence-electron chi connectivity index (χ3n) is 8.55. The molecule has 2 aliphatic heterocycles. The van der Waals surface area contributed by atoms with E-state index in [2.05, 4.69) is 9.88 Å². The maximum atomic E-state index is 13.3. The fraction of sp³-hybridized carbons (Fsp3) is 0.750. The van der Waals surface area contributed by atoms with Crippen LogP contribution in [-0.2, 0) is 20.9 Å². The number of aliphatic hydroxyl groups is 2. The third-order valence-corrected chi connectivity index (χ3v) is 8.55. The summed E-state index contributed by atoms with van der Waals surface area (Å²) in [6.45, 7) is 3.28. The zero-order chi connectivity index (χ0) is 25.4. The summed E-state index contributed by atoms with van der Waals surface area (Å²) in [5.41, 5.74) is 0.629. The molecule has 0 unspecified atom stereocenters. The van der Waals surface area contributed by atoms with Gasteiger partial charge in [0.05, 0.1) is 11.5 Å². The number of piperidine rings is 1. The van der Waals surface area contributed by atoms with Crippen molar-refractivity contribution >= 4 is 11.9 Å². The number of esters is 1. The fourth-order valence-corrected chi connectivity index (χ4v) is 6.07. The summed E-state index contributed by atoms with van der Waals surface area (Å²) in [5.74, 6) is 0.375. The number of amides is 1. The fourth-order valence-electron chi connectivity index (χ4n) is 6.07. The van der Waals surface area contributed by atoms with Gasteiger partial charge in [0, 0.05) is 38.4 Å². The van der Waals surface area contributed by atoms with Gasteiger partial charge in [0.15, 0.2) is 0 Å². The van der Waals surface area contributed by atoms with Crippen molar-refractivity contribution in [2.45, 2.75) is 89.4 Å². The van der Waals surface area contributed by atoms with Crippen molar-refractivity contribution < 1.29 is 24.5 Å². The van der Waals surface area contributed by atoms with E-state index < -0.39 is 17.6 Å². The summed E-state index contributed by atoms with van der Waals surface area (Å²) in [6.07, 6.45) is 10.8. The van der Waals surface area contributed by atoms with Crippen molar-refractivity contribution in [3.63, 3.8) is 0 Å². The van der Waals surface area contributed by atoms with Crippen molar-refractivity contribution in [3.05, 3.63) is 30.1 Å². The van der Waals surface area contributed by atoms with Crippen LogP contribution < -0.4 is 0 Å². The highest BCUT2D eigenvalue weighted by Crippen LogP contribution is 2.39. The smallest absolute Gasteiger partial charge is 0.312 e. The normalized spacial score (nSPS) is 27.2. The minimum absolute atomic E-state index is 0.157. The first-order chi connectivity index (χ1) is 17.4. The van der Waals surface area contributed by atoms with Crippen LogP contribution in [0.5, 0.6) is 0 Å². The molecule has 3 fully saturated rings. The topological polar surface area (TPSA) is 103 Å². The molecule has 1 aromatic rings. The van der Waals surface area contributed by atoms with Crippen LogP contribution in [0.4, 0.5) is 0 Å². The molecule has 0 bridgehead atoms. The molecule has 36 heavy (non-hydrogen) atoms. The van der Waals surface area contributed by atoms with Gasteiger partial charge in [0.1, 0.15) is 12.7 Å². The highest BCUT2D eigenvalue weighted by Gasteiger charge is 2.42. The SMILES string of the molecule is O=C(CC1CCCC1)N1CCCCC2(CCN(Cc3ccncc3)CC2)C(=O)OC[C@@H](O)[C@@H](O)CC1. The number of aliphatic hydroxyl groups excluding tert-OH is 2. The summed E-state index contributed by atoms with van der Waals surface area (Å²) in [4.78, 5) is 34.6.